The van der Waals surface area contributed by atoms with E-state index in [0.717, 1.165) is 29.1 Å². The van der Waals surface area contributed by atoms with Crippen LogP contribution < -0.4 is 5.32 Å². The molecule has 1 N–H and O–H groups in total. The lowest BCUT2D eigenvalue weighted by Gasteiger charge is -2.16. The lowest BCUT2D eigenvalue weighted by Crippen LogP contribution is -2.07. The molecule has 19 heavy (non-hydrogen) atoms. The maximum Gasteiger partial charge on any atom is 0.132 e. The van der Waals surface area contributed by atoms with Gasteiger partial charge in [-0.1, -0.05) is 29.3 Å². The molecule has 1 heterocycles. The molecule has 1 unspecified atom stereocenters. The van der Waals surface area contributed by atoms with Gasteiger partial charge < -0.3 is 5.32 Å². The number of fused-ring (bicyclic) bond motifs is 1. The second-order valence-corrected chi connectivity index (χ2v) is 5.70. The van der Waals surface area contributed by atoms with Crippen LogP contribution in [0.5, 0.6) is 0 Å². The summed E-state index contributed by atoms with van der Waals surface area (Å²) in [5.74, 6) is 0. The second kappa shape index (κ2) is 5.03. The van der Waals surface area contributed by atoms with E-state index in [-0.39, 0.29) is 0 Å². The van der Waals surface area contributed by atoms with Crippen LogP contribution in [0.15, 0.2) is 30.5 Å². The molecule has 0 bridgehead atoms. The Kier molecular flexibility index (Phi) is 3.38. The first kappa shape index (κ1) is 12.8. The fourth-order valence-corrected chi connectivity index (χ4v) is 2.87. The molecule has 1 atom stereocenters. The summed E-state index contributed by atoms with van der Waals surface area (Å²) in [4.78, 5) is 4.17. The highest BCUT2D eigenvalue weighted by Crippen LogP contribution is 2.35. The fraction of sp³-hybridized carbons (Fsp3) is 0.267. The van der Waals surface area contributed by atoms with Crippen LogP contribution in [-0.2, 0) is 6.42 Å². The second-order valence-electron chi connectivity index (χ2n) is 4.91. The summed E-state index contributed by atoms with van der Waals surface area (Å²) < 4.78 is 0. The van der Waals surface area contributed by atoms with E-state index in [1.54, 1.807) is 6.20 Å². The van der Waals surface area contributed by atoms with Crippen LogP contribution in [0.2, 0.25) is 10.2 Å². The average Bonchev–Trinajstić information content (AvgIpc) is 2.76. The number of aromatic nitrogens is 1. The van der Waals surface area contributed by atoms with E-state index < -0.39 is 0 Å². The Morgan fingerprint density at radius 3 is 2.89 bits per heavy atom. The van der Waals surface area contributed by atoms with E-state index in [4.69, 9.17) is 23.2 Å². The van der Waals surface area contributed by atoms with Crippen molar-refractivity contribution in [3.63, 3.8) is 0 Å². The number of hydrogen-bond acceptors (Lipinski definition) is 2. The first-order chi connectivity index (χ1) is 9.13. The van der Waals surface area contributed by atoms with Crippen LogP contribution in [0, 0.1) is 6.92 Å². The molecule has 0 fully saturated rings. The number of pyridine rings is 1. The summed E-state index contributed by atoms with van der Waals surface area (Å²) in [6.45, 7) is 1.96. The molecule has 1 aliphatic carbocycles. The summed E-state index contributed by atoms with van der Waals surface area (Å²) in [6.07, 6.45) is 3.92. The van der Waals surface area contributed by atoms with E-state index in [0.29, 0.717) is 11.2 Å². The van der Waals surface area contributed by atoms with Crippen molar-refractivity contribution in [1.29, 1.82) is 0 Å². The maximum absolute atomic E-state index is 6.02. The van der Waals surface area contributed by atoms with Gasteiger partial charge in [0.15, 0.2) is 0 Å². The van der Waals surface area contributed by atoms with Gasteiger partial charge in [0, 0.05) is 5.02 Å². The molecule has 2 aromatic rings. The van der Waals surface area contributed by atoms with Crippen LogP contribution in [-0.4, -0.2) is 4.98 Å². The molecule has 1 aromatic carbocycles. The molecule has 0 saturated carbocycles. The number of hydrogen-bond donors (Lipinski definition) is 1. The molecule has 0 radical (unpaired) electrons. The fourth-order valence-electron chi connectivity index (χ4n) is 2.57. The van der Waals surface area contributed by atoms with E-state index in [9.17, 15) is 0 Å². The Morgan fingerprint density at radius 1 is 1.26 bits per heavy atom. The van der Waals surface area contributed by atoms with Gasteiger partial charge in [0.1, 0.15) is 5.15 Å². The van der Waals surface area contributed by atoms with E-state index >= 15 is 0 Å². The van der Waals surface area contributed by atoms with Gasteiger partial charge in [-0.2, -0.15) is 0 Å². The van der Waals surface area contributed by atoms with Crippen molar-refractivity contribution in [2.24, 2.45) is 0 Å². The molecule has 3 rings (SSSR count). The molecule has 1 aromatic heterocycles. The molecular formula is C15H14Cl2N2. The predicted molar refractivity (Wildman–Crippen MR) is 80.1 cm³/mol. The van der Waals surface area contributed by atoms with Gasteiger partial charge in [-0.25, -0.2) is 4.98 Å². The minimum absolute atomic E-state index is 0.328. The number of benzene rings is 1. The molecule has 0 saturated heterocycles. The van der Waals surface area contributed by atoms with Gasteiger partial charge in [0.05, 0.1) is 17.9 Å². The standard InChI is InChI=1S/C15H14Cl2N2/c1-9-6-12(8-18-15(9)17)19-14-5-2-10-7-11(16)3-4-13(10)14/h3-4,6-8,14,19H,2,5H2,1H3. The number of aryl methyl sites for hydroxylation is 2. The van der Waals surface area contributed by atoms with Gasteiger partial charge in [0.2, 0.25) is 0 Å². The largest absolute Gasteiger partial charge is 0.377 e. The monoisotopic (exact) mass is 292 g/mol. The van der Waals surface area contributed by atoms with Crippen molar-refractivity contribution in [2.45, 2.75) is 25.8 Å². The molecule has 4 heteroatoms. The minimum Gasteiger partial charge on any atom is -0.377 e. The number of halogens is 2. The van der Waals surface area contributed by atoms with Crippen LogP contribution in [0.4, 0.5) is 5.69 Å². The molecule has 2 nitrogen and oxygen atoms in total. The van der Waals surface area contributed by atoms with Crippen molar-refractivity contribution >= 4 is 28.9 Å². The third kappa shape index (κ3) is 2.56. The zero-order valence-electron chi connectivity index (χ0n) is 10.6. The first-order valence-electron chi connectivity index (χ1n) is 6.30. The molecule has 0 spiro atoms. The summed E-state index contributed by atoms with van der Waals surface area (Å²) in [5, 5.41) is 4.89. The Bertz CT molecular complexity index is 626. The van der Waals surface area contributed by atoms with Gasteiger partial charge in [-0.05, 0) is 54.7 Å². The van der Waals surface area contributed by atoms with E-state index in [1.807, 2.05) is 19.1 Å². The molecule has 1 aliphatic rings. The maximum atomic E-state index is 6.02. The summed E-state index contributed by atoms with van der Waals surface area (Å²) in [6, 6.07) is 8.48. The highest BCUT2D eigenvalue weighted by Gasteiger charge is 2.22. The Balaban J connectivity index is 1.84. The first-order valence-corrected chi connectivity index (χ1v) is 7.06. The highest BCUT2D eigenvalue weighted by molar-refractivity contribution is 6.30. The minimum atomic E-state index is 0.328. The van der Waals surface area contributed by atoms with Crippen molar-refractivity contribution in [2.75, 3.05) is 5.32 Å². The number of nitrogens with one attached hydrogen (secondary N) is 1. The third-order valence-corrected chi connectivity index (χ3v) is 4.17. The predicted octanol–water partition coefficient (Wildman–Crippen LogP) is 4.80. The zero-order valence-corrected chi connectivity index (χ0v) is 12.1. The van der Waals surface area contributed by atoms with Crippen LogP contribution in [0.3, 0.4) is 0 Å². The van der Waals surface area contributed by atoms with Crippen molar-refractivity contribution in [3.05, 3.63) is 57.3 Å². The Labute approximate surface area is 122 Å². The van der Waals surface area contributed by atoms with Gasteiger partial charge in [-0.15, -0.1) is 0 Å². The summed E-state index contributed by atoms with van der Waals surface area (Å²) in [7, 11) is 0. The van der Waals surface area contributed by atoms with Crippen molar-refractivity contribution in [3.8, 4) is 0 Å². The van der Waals surface area contributed by atoms with Crippen LogP contribution >= 0.6 is 23.2 Å². The lowest BCUT2D eigenvalue weighted by molar-refractivity contribution is 0.761. The summed E-state index contributed by atoms with van der Waals surface area (Å²) in [5.41, 5.74) is 4.66. The van der Waals surface area contributed by atoms with Gasteiger partial charge in [-0.3, -0.25) is 0 Å². The SMILES string of the molecule is Cc1cc(NC2CCc3cc(Cl)ccc32)cnc1Cl. The van der Waals surface area contributed by atoms with Crippen LogP contribution in [0.1, 0.15) is 29.2 Å². The molecule has 0 amide bonds. The zero-order chi connectivity index (χ0) is 13.4. The van der Waals surface area contributed by atoms with E-state index in [1.165, 1.54) is 11.1 Å². The lowest BCUT2D eigenvalue weighted by atomic mass is 10.1. The smallest absolute Gasteiger partial charge is 0.132 e. The summed E-state index contributed by atoms with van der Waals surface area (Å²) >= 11 is 12.0. The molecule has 98 valence electrons. The average molecular weight is 293 g/mol. The number of nitrogens with zero attached hydrogens (tertiary/aromatic N) is 1. The van der Waals surface area contributed by atoms with Gasteiger partial charge >= 0.3 is 0 Å². The van der Waals surface area contributed by atoms with Gasteiger partial charge in [0.25, 0.3) is 0 Å². The topological polar surface area (TPSA) is 24.9 Å². The molecule has 0 aliphatic heterocycles. The normalized spacial score (nSPS) is 17.3. The number of rotatable bonds is 2. The highest BCUT2D eigenvalue weighted by atomic mass is 35.5. The van der Waals surface area contributed by atoms with Crippen LogP contribution in [0.25, 0.3) is 0 Å². The number of anilines is 1. The van der Waals surface area contributed by atoms with E-state index in [2.05, 4.69) is 22.4 Å². The third-order valence-electron chi connectivity index (χ3n) is 3.54. The Hall–Kier alpha value is -1.25. The Morgan fingerprint density at radius 2 is 2.11 bits per heavy atom. The van der Waals surface area contributed by atoms with Crippen molar-refractivity contribution in [1.82, 2.24) is 4.98 Å². The quantitative estimate of drug-likeness (QED) is 0.805. The molecular weight excluding hydrogens is 279 g/mol. The van der Waals surface area contributed by atoms with Crippen molar-refractivity contribution < 1.29 is 0 Å².